The maximum Gasteiger partial charge on any atom is 0.166 e. The number of rotatable bonds is 32. The molecule has 0 unspecified atom stereocenters. The molecule has 5 heterocycles. The van der Waals surface area contributed by atoms with Crippen molar-refractivity contribution in [2.45, 2.75) is 197 Å². The zero-order chi connectivity index (χ0) is 62.8. The zero-order valence-corrected chi connectivity index (χ0v) is 63.5. The van der Waals surface area contributed by atoms with E-state index in [-0.39, 0.29) is 23.3 Å². The quantitative estimate of drug-likeness (QED) is 0.0308. The Morgan fingerprint density at radius 1 is 0.239 bits per heavy atom. The Hall–Kier alpha value is -0.640. The van der Waals surface area contributed by atoms with Gasteiger partial charge in [-0.1, -0.05) is 200 Å². The van der Waals surface area contributed by atoms with Crippen LogP contribution in [-0.2, 0) is 0 Å². The summed E-state index contributed by atoms with van der Waals surface area (Å²) in [6.07, 6.45) is 16.1. The van der Waals surface area contributed by atoms with E-state index < -0.39 is 0 Å². The summed E-state index contributed by atoms with van der Waals surface area (Å²) in [6.45, 7) is 17.5. The van der Waals surface area contributed by atoms with Crippen LogP contribution in [0.5, 0.6) is 0 Å². The molecule has 0 radical (unpaired) electrons. The van der Waals surface area contributed by atoms with Crippen molar-refractivity contribution in [2.75, 3.05) is 46.0 Å². The maximum absolute atomic E-state index is 7.93. The molecule has 0 aliphatic carbocycles. The van der Waals surface area contributed by atoms with Crippen LogP contribution in [0.15, 0.2) is 39.2 Å². The number of H-pyrrole nitrogens is 2. The van der Waals surface area contributed by atoms with Crippen molar-refractivity contribution in [3.05, 3.63) is 40.2 Å². The highest BCUT2D eigenvalue weighted by Gasteiger charge is 2.35. The number of aromatic amines is 2. The summed E-state index contributed by atoms with van der Waals surface area (Å²) in [4.78, 5) is 47.4. The molecule has 474 valence electrons. The number of thioether (sulfide) groups is 8. The smallest absolute Gasteiger partial charge is 0.166 e. The molecule has 0 saturated carbocycles. The van der Waals surface area contributed by atoms with E-state index in [1.807, 2.05) is 0 Å². The van der Waals surface area contributed by atoms with Crippen molar-refractivity contribution in [1.82, 2.24) is 39.9 Å². The van der Waals surface area contributed by atoms with E-state index in [1.54, 1.807) is 94.1 Å². The van der Waals surface area contributed by atoms with Gasteiger partial charge in [-0.25, -0.2) is 29.9 Å². The van der Waals surface area contributed by atoms with Crippen LogP contribution in [0, 0.1) is 0 Å². The monoisotopic (exact) mass is 1490 g/mol. The lowest BCUT2D eigenvalue weighted by atomic mass is 10.1. The van der Waals surface area contributed by atoms with E-state index in [4.69, 9.17) is 123 Å². The Morgan fingerprint density at radius 2 is 0.398 bits per heavy atom. The lowest BCUT2D eigenvalue weighted by Gasteiger charge is -2.17. The first-order valence-corrected chi connectivity index (χ1v) is 41.7. The lowest BCUT2D eigenvalue weighted by Crippen LogP contribution is -1.94. The van der Waals surface area contributed by atoms with Crippen molar-refractivity contribution >= 4 is 231 Å². The fourth-order valence-corrected chi connectivity index (χ4v) is 24.0. The largest absolute Gasteiger partial charge is 0.324 e. The molecule has 0 amide bonds. The van der Waals surface area contributed by atoms with E-state index in [9.17, 15) is 0 Å². The summed E-state index contributed by atoms with van der Waals surface area (Å²) < 4.78 is 0. The number of unbranched alkanes of at least 4 members (excludes halogenated alkanes) is 8. The van der Waals surface area contributed by atoms with Crippen LogP contribution < -0.4 is 0 Å². The van der Waals surface area contributed by atoms with Crippen LogP contribution in [0.25, 0.3) is 89.7 Å². The average Bonchev–Trinajstić information content (AvgIpc) is 1.58. The fourth-order valence-electron chi connectivity index (χ4n) is 9.87. The SMILES string of the molecule is CCCCSc1c(Cl)c2c(c(Cl)c1SCCCC)-c1nc-2nc2[nH]c(nc3nc(nc4[nH]c(n1)c1c(Cl)c(SCCCC)c(SCCCC)c(Cl)c41)-c1c(Cl)c(SCCCC)c(SCCCC)c(Cl)c1-3)c1c(Cl)c(SCCCC)c(SCCCC)c(Cl)c21. The third-order valence-electron chi connectivity index (χ3n) is 14.7. The number of benzene rings is 4. The molecule has 2 aliphatic heterocycles. The van der Waals surface area contributed by atoms with Gasteiger partial charge in [0.1, 0.15) is 22.6 Å². The van der Waals surface area contributed by atoms with Gasteiger partial charge in [0.15, 0.2) is 23.3 Å². The molecule has 88 heavy (non-hydrogen) atoms. The Balaban J connectivity index is 1.54. The van der Waals surface area contributed by atoms with Crippen LogP contribution in [-0.4, -0.2) is 85.9 Å². The molecule has 0 fully saturated rings. The molecular weight excluding hydrogens is 1420 g/mol. The van der Waals surface area contributed by atoms with Gasteiger partial charge in [0.05, 0.1) is 62.4 Å². The molecule has 0 atom stereocenters. The molecular formula is C64H74Cl8N8S8. The Morgan fingerprint density at radius 3 is 0.557 bits per heavy atom. The second-order valence-electron chi connectivity index (χ2n) is 21.4. The normalized spacial score (nSPS) is 12.2. The van der Waals surface area contributed by atoms with E-state index in [2.05, 4.69) is 65.4 Å². The molecule has 24 heteroatoms. The number of hydrogen-bond donors (Lipinski definition) is 2. The Bertz CT molecular complexity index is 3380. The van der Waals surface area contributed by atoms with E-state index in [0.29, 0.717) is 107 Å². The third-order valence-corrected chi connectivity index (χ3v) is 28.7. The predicted molar refractivity (Wildman–Crippen MR) is 401 cm³/mol. The van der Waals surface area contributed by atoms with Gasteiger partial charge in [0.25, 0.3) is 0 Å². The molecule has 8 nitrogen and oxygen atoms in total. The standard InChI is InChI=1S/C64H74Cl8N8S8/c1-9-17-25-81-49-41(65)33-34(42(66)50(49)82-26-18-10-2)58-73-57(33)77-59-35-36(44(68)52(84-28-20-12-4)51(43(35)67)83-27-19-11-3)61(74-59)79-63-39-40(48(72)56(88-32-24-16-8)55(47(39)71)87-31-23-15-7)64(76-63)80-62-38-37(60(75-62)78-58)45(69)53(85-29-21-13-5)54(46(38)70)86-30-22-14-6/h9-32H2,1-8H3,(H2,73,74,75,76,77,78,79,80). The molecule has 3 aromatic heterocycles. The molecule has 0 spiro atoms. The highest BCUT2D eigenvalue weighted by molar-refractivity contribution is 8.03. The van der Waals surface area contributed by atoms with E-state index in [0.717, 1.165) is 188 Å². The number of hydrogen-bond acceptors (Lipinski definition) is 14. The van der Waals surface area contributed by atoms with Crippen LogP contribution in [0.2, 0.25) is 40.2 Å². The summed E-state index contributed by atoms with van der Waals surface area (Å²) in [5, 5.41) is 6.26. The zero-order valence-electron chi connectivity index (χ0n) is 50.9. The number of nitrogens with zero attached hydrogens (tertiary/aromatic N) is 6. The van der Waals surface area contributed by atoms with Gasteiger partial charge in [-0.05, 0) is 97.4 Å². The van der Waals surface area contributed by atoms with Crippen molar-refractivity contribution in [1.29, 1.82) is 0 Å². The second kappa shape index (κ2) is 34.3. The maximum atomic E-state index is 7.93. The van der Waals surface area contributed by atoms with Gasteiger partial charge in [-0.15, -0.1) is 94.1 Å². The van der Waals surface area contributed by atoms with Gasteiger partial charge in [-0.3, -0.25) is 0 Å². The van der Waals surface area contributed by atoms with Crippen molar-refractivity contribution in [2.24, 2.45) is 0 Å². The fraction of sp³-hybridized carbons (Fsp3) is 0.500. The molecule has 2 aliphatic rings. The number of halogens is 8. The minimum atomic E-state index is 0.282. The summed E-state index contributed by atoms with van der Waals surface area (Å²) in [7, 11) is 0. The first-order valence-electron chi connectivity index (χ1n) is 30.8. The van der Waals surface area contributed by atoms with Gasteiger partial charge < -0.3 is 9.97 Å². The Labute approximate surface area is 593 Å². The number of aromatic nitrogens is 8. The predicted octanol–water partition coefficient (Wildman–Crippen LogP) is 27.2. The highest BCUT2D eigenvalue weighted by Crippen LogP contribution is 2.58. The van der Waals surface area contributed by atoms with Crippen LogP contribution in [0.4, 0.5) is 0 Å². The van der Waals surface area contributed by atoms with Crippen molar-refractivity contribution in [3.63, 3.8) is 0 Å². The van der Waals surface area contributed by atoms with Crippen molar-refractivity contribution < 1.29 is 0 Å². The Kier molecular flexibility index (Phi) is 28.0. The third kappa shape index (κ3) is 15.3. The second-order valence-corrected chi connectivity index (χ2v) is 33.2. The number of nitrogens with one attached hydrogen (secondary N) is 2. The molecule has 7 aromatic rings. The highest BCUT2D eigenvalue weighted by atomic mass is 35.5. The van der Waals surface area contributed by atoms with Gasteiger partial charge in [0, 0.05) is 60.7 Å². The minimum Gasteiger partial charge on any atom is -0.324 e. The van der Waals surface area contributed by atoms with Gasteiger partial charge >= 0.3 is 0 Å². The summed E-state index contributed by atoms with van der Waals surface area (Å²) in [5.41, 5.74) is 3.67. The molecule has 9 rings (SSSR count). The summed E-state index contributed by atoms with van der Waals surface area (Å²) in [5.74, 6) is 7.84. The summed E-state index contributed by atoms with van der Waals surface area (Å²) in [6, 6.07) is 0. The lowest BCUT2D eigenvalue weighted by molar-refractivity contribution is 0.893. The van der Waals surface area contributed by atoms with Crippen LogP contribution in [0.1, 0.15) is 158 Å². The van der Waals surface area contributed by atoms with E-state index in [1.165, 1.54) is 0 Å². The van der Waals surface area contributed by atoms with Gasteiger partial charge in [0.2, 0.25) is 0 Å². The molecule has 0 saturated heterocycles. The van der Waals surface area contributed by atoms with Crippen LogP contribution >= 0.6 is 187 Å². The van der Waals surface area contributed by atoms with E-state index >= 15 is 0 Å². The molecule has 2 N–H and O–H groups in total. The average molecular weight is 1500 g/mol. The van der Waals surface area contributed by atoms with Crippen molar-refractivity contribution in [3.8, 4) is 45.6 Å². The van der Waals surface area contributed by atoms with Crippen LogP contribution in [0.3, 0.4) is 0 Å². The minimum absolute atomic E-state index is 0.282. The first-order chi connectivity index (χ1) is 42.7. The first kappa shape index (κ1) is 71.6. The topological polar surface area (TPSA) is 109 Å². The van der Waals surface area contributed by atoms with Gasteiger partial charge in [-0.2, -0.15) is 0 Å². The number of fused-ring (bicyclic) bond motifs is 20. The molecule has 4 aromatic carbocycles. The molecule has 8 bridgehead atoms. The summed E-state index contributed by atoms with van der Waals surface area (Å²) >= 11 is 77.1.